The van der Waals surface area contributed by atoms with E-state index in [9.17, 15) is 4.79 Å². The SMILES string of the molecule is N=C1CC[C@H](C(=O)O)C1. The molecule has 1 atom stereocenters. The van der Waals surface area contributed by atoms with Crippen LogP contribution in [0.4, 0.5) is 0 Å². The normalized spacial score (nSPS) is 26.7. The standard InChI is InChI=1S/C6H9NO2/c7-5-2-1-4(3-5)6(8)9/h4,7H,1-3H2,(H,8,9)/t4-/m0/s1. The zero-order valence-corrected chi connectivity index (χ0v) is 5.05. The number of carbonyl (C=O) groups is 1. The lowest BCUT2D eigenvalue weighted by Crippen LogP contribution is -2.08. The summed E-state index contributed by atoms with van der Waals surface area (Å²) in [5.74, 6) is -1.02. The first kappa shape index (κ1) is 6.26. The molecule has 3 nitrogen and oxygen atoms in total. The zero-order valence-electron chi connectivity index (χ0n) is 5.05. The second kappa shape index (κ2) is 2.17. The van der Waals surface area contributed by atoms with Gasteiger partial charge in [-0.25, -0.2) is 0 Å². The molecule has 50 valence electrons. The summed E-state index contributed by atoms with van der Waals surface area (Å²) in [5.41, 5.74) is 0.586. The van der Waals surface area contributed by atoms with Crippen molar-refractivity contribution in [1.29, 1.82) is 5.41 Å². The van der Waals surface area contributed by atoms with Crippen molar-refractivity contribution in [3.63, 3.8) is 0 Å². The molecule has 0 radical (unpaired) electrons. The van der Waals surface area contributed by atoms with Crippen LogP contribution >= 0.6 is 0 Å². The Bertz CT molecular complexity index is 153. The maximum atomic E-state index is 10.3. The number of carboxylic acids is 1. The monoisotopic (exact) mass is 127 g/mol. The van der Waals surface area contributed by atoms with Gasteiger partial charge in [-0.1, -0.05) is 0 Å². The predicted molar refractivity (Wildman–Crippen MR) is 32.7 cm³/mol. The first-order valence-electron chi connectivity index (χ1n) is 2.99. The van der Waals surface area contributed by atoms with Gasteiger partial charge in [0, 0.05) is 5.71 Å². The molecule has 0 aromatic carbocycles. The van der Waals surface area contributed by atoms with Crippen LogP contribution < -0.4 is 0 Å². The van der Waals surface area contributed by atoms with Crippen LogP contribution in [0.15, 0.2) is 0 Å². The van der Waals surface area contributed by atoms with Crippen LogP contribution in [0, 0.1) is 11.3 Å². The highest BCUT2D eigenvalue weighted by Crippen LogP contribution is 2.21. The van der Waals surface area contributed by atoms with Gasteiger partial charge in [0.25, 0.3) is 0 Å². The molecule has 0 unspecified atom stereocenters. The van der Waals surface area contributed by atoms with E-state index in [0.29, 0.717) is 25.0 Å². The van der Waals surface area contributed by atoms with E-state index in [0.717, 1.165) is 0 Å². The van der Waals surface area contributed by atoms with Crippen molar-refractivity contribution in [2.75, 3.05) is 0 Å². The fourth-order valence-electron chi connectivity index (χ4n) is 1.06. The van der Waals surface area contributed by atoms with Crippen molar-refractivity contribution < 1.29 is 9.90 Å². The Morgan fingerprint density at radius 2 is 2.44 bits per heavy atom. The number of rotatable bonds is 1. The molecule has 0 spiro atoms. The van der Waals surface area contributed by atoms with Gasteiger partial charge in [0.1, 0.15) is 0 Å². The summed E-state index contributed by atoms with van der Waals surface area (Å²) < 4.78 is 0. The number of carboxylic acid groups (broad SMARTS) is 1. The molecule has 1 rings (SSSR count). The molecular weight excluding hydrogens is 118 g/mol. The number of hydrogen-bond donors (Lipinski definition) is 2. The van der Waals surface area contributed by atoms with Gasteiger partial charge in [0.2, 0.25) is 0 Å². The van der Waals surface area contributed by atoms with Crippen LogP contribution in [0.2, 0.25) is 0 Å². The fraction of sp³-hybridized carbons (Fsp3) is 0.667. The van der Waals surface area contributed by atoms with Crippen LogP contribution in [0.3, 0.4) is 0 Å². The number of hydrogen-bond acceptors (Lipinski definition) is 2. The summed E-state index contributed by atoms with van der Waals surface area (Å²) in [6, 6.07) is 0. The Morgan fingerprint density at radius 3 is 2.67 bits per heavy atom. The van der Waals surface area contributed by atoms with Gasteiger partial charge in [-0.3, -0.25) is 4.79 Å². The topological polar surface area (TPSA) is 61.2 Å². The van der Waals surface area contributed by atoms with Crippen LogP contribution in [0.25, 0.3) is 0 Å². The summed E-state index contributed by atoms with van der Waals surface area (Å²) in [4.78, 5) is 10.3. The third kappa shape index (κ3) is 1.28. The Labute approximate surface area is 53.2 Å². The molecule has 0 saturated heterocycles. The van der Waals surface area contributed by atoms with Gasteiger partial charge in [0.15, 0.2) is 0 Å². The fourth-order valence-corrected chi connectivity index (χ4v) is 1.06. The van der Waals surface area contributed by atoms with E-state index in [-0.39, 0.29) is 5.92 Å². The van der Waals surface area contributed by atoms with Crippen LogP contribution in [-0.2, 0) is 4.79 Å². The first-order chi connectivity index (χ1) is 4.20. The van der Waals surface area contributed by atoms with E-state index in [4.69, 9.17) is 10.5 Å². The van der Waals surface area contributed by atoms with Crippen molar-refractivity contribution >= 4 is 11.7 Å². The summed E-state index contributed by atoms with van der Waals surface area (Å²) in [6.07, 6.45) is 1.81. The Hall–Kier alpha value is -0.860. The second-order valence-electron chi connectivity index (χ2n) is 2.38. The quantitative estimate of drug-likeness (QED) is 0.549. The van der Waals surface area contributed by atoms with Gasteiger partial charge < -0.3 is 10.5 Å². The molecule has 2 N–H and O–H groups in total. The molecular formula is C6H9NO2. The molecule has 0 amide bonds. The van der Waals surface area contributed by atoms with Crippen molar-refractivity contribution in [3.05, 3.63) is 0 Å². The van der Waals surface area contributed by atoms with E-state index in [1.165, 1.54) is 0 Å². The maximum Gasteiger partial charge on any atom is 0.306 e. The lowest BCUT2D eigenvalue weighted by Gasteiger charge is -1.96. The van der Waals surface area contributed by atoms with Crippen LogP contribution in [0.1, 0.15) is 19.3 Å². The molecule has 9 heavy (non-hydrogen) atoms. The highest BCUT2D eigenvalue weighted by Gasteiger charge is 2.25. The van der Waals surface area contributed by atoms with E-state index in [2.05, 4.69) is 0 Å². The molecule has 0 aromatic rings. The van der Waals surface area contributed by atoms with Crippen LogP contribution in [0.5, 0.6) is 0 Å². The van der Waals surface area contributed by atoms with E-state index in [1.807, 2.05) is 0 Å². The molecule has 1 aliphatic carbocycles. The Balaban J connectivity index is 2.48. The minimum Gasteiger partial charge on any atom is -0.481 e. The lowest BCUT2D eigenvalue weighted by atomic mass is 10.1. The molecule has 0 aliphatic heterocycles. The zero-order chi connectivity index (χ0) is 6.85. The third-order valence-corrected chi connectivity index (χ3v) is 1.64. The average molecular weight is 127 g/mol. The third-order valence-electron chi connectivity index (χ3n) is 1.64. The van der Waals surface area contributed by atoms with Crippen molar-refractivity contribution in [2.24, 2.45) is 5.92 Å². The van der Waals surface area contributed by atoms with Gasteiger partial charge in [0.05, 0.1) is 5.92 Å². The summed E-state index contributed by atoms with van der Waals surface area (Å²) in [5, 5.41) is 15.5. The average Bonchev–Trinajstić information content (AvgIpc) is 2.14. The first-order valence-corrected chi connectivity index (χ1v) is 2.99. The predicted octanol–water partition coefficient (Wildman–Crippen LogP) is 0.891. The molecule has 0 aromatic heterocycles. The van der Waals surface area contributed by atoms with E-state index in [1.54, 1.807) is 0 Å². The molecule has 3 heteroatoms. The minimum absolute atomic E-state index is 0.266. The van der Waals surface area contributed by atoms with Crippen molar-refractivity contribution in [2.45, 2.75) is 19.3 Å². The summed E-state index contributed by atoms with van der Waals surface area (Å²) >= 11 is 0. The molecule has 0 bridgehead atoms. The Kier molecular flexibility index (Phi) is 1.51. The largest absolute Gasteiger partial charge is 0.481 e. The molecule has 1 fully saturated rings. The van der Waals surface area contributed by atoms with E-state index >= 15 is 0 Å². The van der Waals surface area contributed by atoms with Gasteiger partial charge in [-0.2, -0.15) is 0 Å². The molecule has 1 saturated carbocycles. The maximum absolute atomic E-state index is 10.3. The van der Waals surface area contributed by atoms with Gasteiger partial charge in [-0.05, 0) is 19.3 Å². The highest BCUT2D eigenvalue weighted by molar-refractivity contribution is 5.89. The summed E-state index contributed by atoms with van der Waals surface area (Å²) in [7, 11) is 0. The highest BCUT2D eigenvalue weighted by atomic mass is 16.4. The lowest BCUT2D eigenvalue weighted by molar-refractivity contribution is -0.141. The van der Waals surface area contributed by atoms with Gasteiger partial charge in [-0.15, -0.1) is 0 Å². The number of nitrogens with one attached hydrogen (secondary N) is 1. The van der Waals surface area contributed by atoms with Crippen molar-refractivity contribution in [1.82, 2.24) is 0 Å². The molecule has 0 heterocycles. The van der Waals surface area contributed by atoms with E-state index < -0.39 is 5.97 Å². The Morgan fingerprint density at radius 1 is 1.78 bits per heavy atom. The van der Waals surface area contributed by atoms with Crippen molar-refractivity contribution in [3.8, 4) is 0 Å². The number of aliphatic carboxylic acids is 1. The summed E-state index contributed by atoms with van der Waals surface area (Å²) in [6.45, 7) is 0. The molecule has 1 aliphatic rings. The smallest absolute Gasteiger partial charge is 0.306 e. The van der Waals surface area contributed by atoms with Gasteiger partial charge >= 0.3 is 5.97 Å². The van der Waals surface area contributed by atoms with Crippen LogP contribution in [-0.4, -0.2) is 16.8 Å². The minimum atomic E-state index is -0.753. The second-order valence-corrected chi connectivity index (χ2v) is 2.38.